The molecule has 1 fully saturated rings. The largest absolute Gasteiger partial charge is 0.344 e. The minimum atomic E-state index is -0.127. The topological polar surface area (TPSA) is 62.6 Å². The van der Waals surface area contributed by atoms with E-state index in [1.54, 1.807) is 4.90 Å². The zero-order valence-corrected chi connectivity index (χ0v) is 18.1. The minimum Gasteiger partial charge on any atom is -0.344 e. The van der Waals surface area contributed by atoms with Crippen LogP contribution in [0.2, 0.25) is 0 Å². The molecule has 1 amide bonds. The van der Waals surface area contributed by atoms with Crippen LogP contribution in [0.4, 0.5) is 11.5 Å². The van der Waals surface area contributed by atoms with Gasteiger partial charge in [-0.1, -0.05) is 48.5 Å². The van der Waals surface area contributed by atoms with Gasteiger partial charge in [-0.3, -0.25) is 4.79 Å². The molecule has 6 heteroatoms. The van der Waals surface area contributed by atoms with E-state index < -0.39 is 0 Å². The van der Waals surface area contributed by atoms with Crippen LogP contribution in [-0.4, -0.2) is 49.3 Å². The SMILES string of the molecule is C[NH+]1CCN(c2ccc(-c3cccc(NC(=O)c4cccc5ccccc45)c3)nn2)CC1. The van der Waals surface area contributed by atoms with Crippen LogP contribution in [0.25, 0.3) is 22.0 Å². The highest BCUT2D eigenvalue weighted by Crippen LogP contribution is 2.24. The summed E-state index contributed by atoms with van der Waals surface area (Å²) in [5.41, 5.74) is 3.09. The Morgan fingerprint density at radius 1 is 0.906 bits per heavy atom. The third kappa shape index (κ3) is 4.18. The number of amides is 1. The zero-order chi connectivity index (χ0) is 21.9. The van der Waals surface area contributed by atoms with Gasteiger partial charge in [-0.15, -0.1) is 10.2 Å². The Balaban J connectivity index is 1.34. The van der Waals surface area contributed by atoms with Crippen molar-refractivity contribution in [1.29, 1.82) is 0 Å². The van der Waals surface area contributed by atoms with Crippen molar-refractivity contribution in [2.45, 2.75) is 0 Å². The number of anilines is 2. The third-order valence-electron chi connectivity index (χ3n) is 6.04. The van der Waals surface area contributed by atoms with Crippen LogP contribution in [0.5, 0.6) is 0 Å². The van der Waals surface area contributed by atoms with Gasteiger partial charge in [-0.2, -0.15) is 0 Å². The fourth-order valence-corrected chi connectivity index (χ4v) is 4.14. The molecular weight excluding hydrogens is 398 g/mol. The molecule has 1 aromatic heterocycles. The lowest BCUT2D eigenvalue weighted by atomic mass is 10.0. The molecule has 0 aliphatic carbocycles. The summed E-state index contributed by atoms with van der Waals surface area (Å²) in [7, 11) is 2.22. The number of hydrogen-bond donors (Lipinski definition) is 2. The van der Waals surface area contributed by atoms with Gasteiger partial charge in [0, 0.05) is 16.8 Å². The maximum Gasteiger partial charge on any atom is 0.256 e. The van der Waals surface area contributed by atoms with Gasteiger partial charge in [-0.25, -0.2) is 0 Å². The van der Waals surface area contributed by atoms with Crippen LogP contribution in [0.1, 0.15) is 10.4 Å². The molecular formula is C26H26N5O+. The predicted molar refractivity (Wildman–Crippen MR) is 128 cm³/mol. The highest BCUT2D eigenvalue weighted by atomic mass is 16.1. The van der Waals surface area contributed by atoms with Crippen LogP contribution >= 0.6 is 0 Å². The summed E-state index contributed by atoms with van der Waals surface area (Å²) in [5.74, 6) is 0.791. The van der Waals surface area contributed by atoms with Crippen molar-refractivity contribution in [3.8, 4) is 11.3 Å². The molecule has 0 radical (unpaired) electrons. The van der Waals surface area contributed by atoms with E-state index in [-0.39, 0.29) is 5.91 Å². The molecule has 1 aliphatic rings. The smallest absolute Gasteiger partial charge is 0.256 e. The van der Waals surface area contributed by atoms with Crippen molar-refractivity contribution in [3.63, 3.8) is 0 Å². The number of fused-ring (bicyclic) bond motifs is 1. The van der Waals surface area contributed by atoms with Crippen LogP contribution in [-0.2, 0) is 0 Å². The first-order valence-corrected chi connectivity index (χ1v) is 11.0. The molecule has 2 N–H and O–H groups in total. The van der Waals surface area contributed by atoms with E-state index in [0.29, 0.717) is 5.56 Å². The number of piperazine rings is 1. The first-order chi connectivity index (χ1) is 15.7. The molecule has 1 saturated heterocycles. The van der Waals surface area contributed by atoms with E-state index in [2.05, 4.69) is 27.5 Å². The number of aromatic nitrogens is 2. The van der Waals surface area contributed by atoms with E-state index in [9.17, 15) is 4.79 Å². The Morgan fingerprint density at radius 2 is 1.69 bits per heavy atom. The van der Waals surface area contributed by atoms with Gasteiger partial charge < -0.3 is 15.1 Å². The van der Waals surface area contributed by atoms with E-state index in [1.807, 2.05) is 78.9 Å². The number of hydrogen-bond acceptors (Lipinski definition) is 4. The van der Waals surface area contributed by atoms with Gasteiger partial charge in [0.1, 0.15) is 0 Å². The normalized spacial score (nSPS) is 14.5. The molecule has 1 aliphatic heterocycles. The number of nitrogens with zero attached hydrogens (tertiary/aromatic N) is 3. The average Bonchev–Trinajstić information content (AvgIpc) is 2.84. The van der Waals surface area contributed by atoms with Crippen molar-refractivity contribution in [3.05, 3.63) is 84.4 Å². The maximum absolute atomic E-state index is 13.0. The number of rotatable bonds is 4. The second-order valence-corrected chi connectivity index (χ2v) is 8.28. The minimum absolute atomic E-state index is 0.127. The summed E-state index contributed by atoms with van der Waals surface area (Å²) in [5, 5.41) is 13.9. The molecule has 32 heavy (non-hydrogen) atoms. The summed E-state index contributed by atoms with van der Waals surface area (Å²) >= 11 is 0. The predicted octanol–water partition coefficient (Wildman–Crippen LogP) is 2.88. The van der Waals surface area contributed by atoms with Crippen molar-refractivity contribution in [1.82, 2.24) is 10.2 Å². The Labute approximate surface area is 187 Å². The summed E-state index contributed by atoms with van der Waals surface area (Å²) in [6, 6.07) is 25.4. The quantitative estimate of drug-likeness (QED) is 0.529. The first kappa shape index (κ1) is 20.2. The molecule has 0 atom stereocenters. The third-order valence-corrected chi connectivity index (χ3v) is 6.04. The van der Waals surface area contributed by atoms with Crippen LogP contribution < -0.4 is 15.1 Å². The molecule has 0 spiro atoms. The van der Waals surface area contributed by atoms with E-state index in [1.165, 1.54) is 0 Å². The van der Waals surface area contributed by atoms with Crippen molar-refractivity contribution in [2.75, 3.05) is 43.4 Å². The second-order valence-electron chi connectivity index (χ2n) is 8.28. The number of quaternary nitrogens is 1. The zero-order valence-electron chi connectivity index (χ0n) is 18.1. The number of nitrogens with one attached hydrogen (secondary N) is 2. The molecule has 4 aromatic rings. The van der Waals surface area contributed by atoms with Crippen molar-refractivity contribution < 1.29 is 9.69 Å². The molecule has 6 nitrogen and oxygen atoms in total. The Hall–Kier alpha value is -3.77. The van der Waals surface area contributed by atoms with E-state index >= 15 is 0 Å². The van der Waals surface area contributed by atoms with Gasteiger partial charge in [0.15, 0.2) is 5.82 Å². The molecule has 0 saturated carbocycles. The molecule has 0 unspecified atom stereocenters. The van der Waals surface area contributed by atoms with E-state index in [0.717, 1.165) is 59.7 Å². The Bertz CT molecular complexity index is 1240. The Kier molecular flexibility index (Phi) is 5.52. The molecule has 3 aromatic carbocycles. The van der Waals surface area contributed by atoms with Crippen LogP contribution in [0, 0.1) is 0 Å². The highest BCUT2D eigenvalue weighted by molar-refractivity contribution is 6.13. The summed E-state index contributed by atoms with van der Waals surface area (Å²) < 4.78 is 0. The monoisotopic (exact) mass is 424 g/mol. The lowest BCUT2D eigenvalue weighted by Gasteiger charge is -2.30. The molecule has 5 rings (SSSR count). The molecule has 0 bridgehead atoms. The number of likely N-dealkylation sites (N-methyl/N-ethyl adjacent to an activating group) is 1. The maximum atomic E-state index is 13.0. The summed E-state index contributed by atoms with van der Waals surface area (Å²) in [4.78, 5) is 16.8. The highest BCUT2D eigenvalue weighted by Gasteiger charge is 2.18. The van der Waals surface area contributed by atoms with E-state index in [4.69, 9.17) is 0 Å². The summed E-state index contributed by atoms with van der Waals surface area (Å²) in [6.45, 7) is 4.22. The standard InChI is InChI=1S/C26H25N5O/c1-30-14-16-31(17-15-30)25-13-12-24(28-29-25)20-8-4-9-21(18-20)27-26(32)23-11-5-7-19-6-2-3-10-22(19)23/h2-13,18H,14-17H2,1H3,(H,27,32)/p+1. The van der Waals surface area contributed by atoms with Crippen LogP contribution in [0.3, 0.4) is 0 Å². The fourth-order valence-electron chi connectivity index (χ4n) is 4.14. The van der Waals surface area contributed by atoms with Crippen molar-refractivity contribution >= 4 is 28.2 Å². The first-order valence-electron chi connectivity index (χ1n) is 11.0. The average molecular weight is 425 g/mol. The fraction of sp³-hybridized carbons (Fsp3) is 0.192. The second kappa shape index (κ2) is 8.77. The lowest BCUT2D eigenvalue weighted by Crippen LogP contribution is -3.12. The lowest BCUT2D eigenvalue weighted by molar-refractivity contribution is -0.880. The number of benzene rings is 3. The van der Waals surface area contributed by atoms with Gasteiger partial charge in [-0.05, 0) is 41.1 Å². The summed E-state index contributed by atoms with van der Waals surface area (Å²) in [6.07, 6.45) is 0. The van der Waals surface area contributed by atoms with Gasteiger partial charge in [0.25, 0.3) is 5.91 Å². The molecule has 160 valence electrons. The van der Waals surface area contributed by atoms with Crippen LogP contribution in [0.15, 0.2) is 78.9 Å². The molecule has 2 heterocycles. The van der Waals surface area contributed by atoms with Gasteiger partial charge in [0.05, 0.1) is 38.9 Å². The number of carbonyl (C=O) groups excluding carboxylic acids is 1. The van der Waals surface area contributed by atoms with Gasteiger partial charge >= 0.3 is 0 Å². The van der Waals surface area contributed by atoms with Gasteiger partial charge in [0.2, 0.25) is 0 Å². The Morgan fingerprint density at radius 3 is 2.50 bits per heavy atom. The van der Waals surface area contributed by atoms with Crippen molar-refractivity contribution in [2.24, 2.45) is 0 Å². The number of carbonyl (C=O) groups is 1.